The fourth-order valence-corrected chi connectivity index (χ4v) is 3.63. The Morgan fingerprint density at radius 1 is 1.43 bits per heavy atom. The van der Waals surface area contributed by atoms with Gasteiger partial charge in [0.05, 0.1) is 5.56 Å². The maximum absolute atomic E-state index is 13.2. The van der Waals surface area contributed by atoms with Gasteiger partial charge in [-0.1, -0.05) is 0 Å². The molecule has 0 saturated carbocycles. The highest BCUT2D eigenvalue weighted by Gasteiger charge is 2.35. The molecule has 1 N–H and O–H groups in total. The normalized spacial score (nSPS) is 17.3. The second-order valence-electron chi connectivity index (χ2n) is 5.11. The lowest BCUT2D eigenvalue weighted by atomic mass is 10.1. The smallest absolute Gasteiger partial charge is 0.255 e. The van der Waals surface area contributed by atoms with E-state index >= 15 is 0 Å². The fraction of sp³-hybridized carbons (Fsp3) is 0.267. The van der Waals surface area contributed by atoms with Crippen LogP contribution < -0.4 is 5.32 Å². The lowest BCUT2D eigenvalue weighted by Crippen LogP contribution is -2.43. The molecule has 1 aromatic heterocycles. The summed E-state index contributed by atoms with van der Waals surface area (Å²) in [5.41, 5.74) is 0.348. The van der Waals surface area contributed by atoms with E-state index in [9.17, 15) is 14.0 Å². The minimum atomic E-state index is -0.539. The predicted molar refractivity (Wildman–Crippen MR) is 88.9 cm³/mol. The third-order valence-electron chi connectivity index (χ3n) is 3.64. The zero-order chi connectivity index (χ0) is 16.4. The Kier molecular flexibility index (Phi) is 4.72. The number of benzene rings is 1. The summed E-state index contributed by atoms with van der Waals surface area (Å²) in [6, 6.07) is 3.37. The van der Waals surface area contributed by atoms with Crippen molar-refractivity contribution in [2.75, 3.05) is 11.9 Å². The van der Waals surface area contributed by atoms with Crippen LogP contribution in [0.3, 0.4) is 0 Å². The molecule has 0 spiro atoms. The van der Waals surface area contributed by atoms with Gasteiger partial charge in [-0.05, 0) is 47.0 Å². The maximum atomic E-state index is 13.2. The molecule has 1 atom stereocenters. The number of hydrogen-bond acceptors (Lipinski definition) is 4. The van der Waals surface area contributed by atoms with Crippen LogP contribution in [-0.2, 0) is 4.79 Å². The Balaban J connectivity index is 1.78. The minimum Gasteiger partial charge on any atom is -0.327 e. The van der Waals surface area contributed by atoms with E-state index in [0.717, 1.165) is 6.42 Å². The van der Waals surface area contributed by atoms with Gasteiger partial charge in [0.25, 0.3) is 5.91 Å². The molecule has 2 amide bonds. The number of likely N-dealkylation sites (tertiary alicyclic amines) is 1. The summed E-state index contributed by atoms with van der Waals surface area (Å²) in [5, 5.41) is 5.00. The lowest BCUT2D eigenvalue weighted by Gasteiger charge is -2.24. The summed E-state index contributed by atoms with van der Waals surface area (Å²) in [7, 11) is 0. The highest BCUT2D eigenvalue weighted by molar-refractivity contribution is 9.10. The van der Waals surface area contributed by atoms with Gasteiger partial charge >= 0.3 is 0 Å². The van der Waals surface area contributed by atoms with Crippen molar-refractivity contribution >= 4 is 44.2 Å². The van der Waals surface area contributed by atoms with Gasteiger partial charge in [-0.25, -0.2) is 9.37 Å². The van der Waals surface area contributed by atoms with Gasteiger partial charge in [-0.15, -0.1) is 11.3 Å². The van der Waals surface area contributed by atoms with E-state index in [-0.39, 0.29) is 11.8 Å². The van der Waals surface area contributed by atoms with E-state index in [1.165, 1.54) is 34.4 Å². The molecule has 3 rings (SSSR count). The maximum Gasteiger partial charge on any atom is 0.255 e. The summed E-state index contributed by atoms with van der Waals surface area (Å²) >= 11 is 4.53. The van der Waals surface area contributed by atoms with E-state index < -0.39 is 11.9 Å². The summed E-state index contributed by atoms with van der Waals surface area (Å²) in [5.74, 6) is -0.953. The molecule has 0 radical (unpaired) electrons. The second-order valence-corrected chi connectivity index (χ2v) is 6.86. The van der Waals surface area contributed by atoms with Gasteiger partial charge in [0.1, 0.15) is 11.9 Å². The quantitative estimate of drug-likeness (QED) is 0.863. The number of amides is 2. The first kappa shape index (κ1) is 16.1. The SMILES string of the molecule is O=C(Nc1nccs1)C1CCCN1C(=O)c1ccc(F)cc1Br. The number of rotatable bonds is 3. The Morgan fingerprint density at radius 3 is 2.96 bits per heavy atom. The molecule has 0 aliphatic carbocycles. The molecule has 23 heavy (non-hydrogen) atoms. The number of aromatic nitrogens is 1. The van der Waals surface area contributed by atoms with Crippen LogP contribution in [0.4, 0.5) is 9.52 Å². The van der Waals surface area contributed by atoms with Crippen molar-refractivity contribution in [2.45, 2.75) is 18.9 Å². The van der Waals surface area contributed by atoms with Crippen LogP contribution in [0.1, 0.15) is 23.2 Å². The molecule has 1 unspecified atom stereocenters. The largest absolute Gasteiger partial charge is 0.327 e. The molecule has 5 nitrogen and oxygen atoms in total. The zero-order valence-electron chi connectivity index (χ0n) is 12.0. The number of halogens is 2. The van der Waals surface area contributed by atoms with E-state index in [1.807, 2.05) is 0 Å². The molecule has 1 aliphatic rings. The lowest BCUT2D eigenvalue weighted by molar-refractivity contribution is -0.119. The Hall–Kier alpha value is -1.80. The number of anilines is 1. The van der Waals surface area contributed by atoms with Crippen LogP contribution >= 0.6 is 27.3 Å². The average molecular weight is 398 g/mol. The van der Waals surface area contributed by atoms with E-state index in [0.29, 0.717) is 28.1 Å². The van der Waals surface area contributed by atoms with Crippen molar-refractivity contribution in [3.05, 3.63) is 45.6 Å². The Morgan fingerprint density at radius 2 is 2.26 bits per heavy atom. The third kappa shape index (κ3) is 3.42. The minimum absolute atomic E-state index is 0.246. The van der Waals surface area contributed by atoms with Gasteiger partial charge < -0.3 is 10.2 Å². The van der Waals surface area contributed by atoms with Gasteiger partial charge in [-0.3, -0.25) is 9.59 Å². The summed E-state index contributed by atoms with van der Waals surface area (Å²) in [6.45, 7) is 0.499. The first-order valence-corrected chi connectivity index (χ1v) is 8.70. The fourth-order valence-electron chi connectivity index (χ4n) is 2.57. The zero-order valence-corrected chi connectivity index (χ0v) is 14.4. The molecule has 8 heteroatoms. The Labute approximate surface area is 144 Å². The van der Waals surface area contributed by atoms with Crippen molar-refractivity contribution in [1.29, 1.82) is 0 Å². The van der Waals surface area contributed by atoms with Gasteiger partial charge in [-0.2, -0.15) is 0 Å². The van der Waals surface area contributed by atoms with Crippen molar-refractivity contribution in [2.24, 2.45) is 0 Å². The molecule has 2 aromatic rings. The van der Waals surface area contributed by atoms with Crippen LogP contribution in [0.2, 0.25) is 0 Å². The molecular weight excluding hydrogens is 385 g/mol. The molecule has 120 valence electrons. The van der Waals surface area contributed by atoms with Crippen LogP contribution in [0, 0.1) is 5.82 Å². The van der Waals surface area contributed by atoms with E-state index in [2.05, 4.69) is 26.2 Å². The van der Waals surface area contributed by atoms with Crippen molar-refractivity contribution in [3.8, 4) is 0 Å². The Bertz CT molecular complexity index is 738. The summed E-state index contributed by atoms with van der Waals surface area (Å²) in [6.07, 6.45) is 2.95. The molecule has 1 fully saturated rings. The number of carbonyl (C=O) groups excluding carboxylic acids is 2. The first-order valence-electron chi connectivity index (χ1n) is 7.02. The topological polar surface area (TPSA) is 62.3 Å². The summed E-state index contributed by atoms with van der Waals surface area (Å²) in [4.78, 5) is 30.6. The second kappa shape index (κ2) is 6.76. The predicted octanol–water partition coefficient (Wildman–Crippen LogP) is 3.29. The average Bonchev–Trinajstić information content (AvgIpc) is 3.17. The number of hydrogen-bond donors (Lipinski definition) is 1. The van der Waals surface area contributed by atoms with Crippen LogP contribution in [0.5, 0.6) is 0 Å². The van der Waals surface area contributed by atoms with E-state index in [4.69, 9.17) is 0 Å². The van der Waals surface area contributed by atoms with E-state index in [1.54, 1.807) is 11.6 Å². The summed E-state index contributed by atoms with van der Waals surface area (Å²) < 4.78 is 13.6. The van der Waals surface area contributed by atoms with Crippen molar-refractivity contribution < 1.29 is 14.0 Å². The van der Waals surface area contributed by atoms with Gasteiger partial charge in [0, 0.05) is 22.6 Å². The molecular formula is C15H13BrFN3O2S. The monoisotopic (exact) mass is 397 g/mol. The van der Waals surface area contributed by atoms with Crippen LogP contribution in [0.25, 0.3) is 0 Å². The highest BCUT2D eigenvalue weighted by atomic mass is 79.9. The van der Waals surface area contributed by atoms with Crippen molar-refractivity contribution in [1.82, 2.24) is 9.88 Å². The standard InChI is InChI=1S/C15H13BrFN3O2S/c16-11-8-9(17)3-4-10(11)14(22)20-6-1-2-12(20)13(21)19-15-18-5-7-23-15/h3-5,7-8,12H,1-2,6H2,(H,18,19,21). The first-order chi connectivity index (χ1) is 11.1. The van der Waals surface area contributed by atoms with Gasteiger partial charge in [0.2, 0.25) is 5.91 Å². The van der Waals surface area contributed by atoms with Gasteiger partial charge in [0.15, 0.2) is 5.13 Å². The van der Waals surface area contributed by atoms with Crippen LogP contribution in [0.15, 0.2) is 34.2 Å². The third-order valence-corrected chi connectivity index (χ3v) is 4.98. The molecule has 1 saturated heterocycles. The molecule has 1 aliphatic heterocycles. The number of nitrogens with zero attached hydrogens (tertiary/aromatic N) is 2. The molecule has 2 heterocycles. The highest BCUT2D eigenvalue weighted by Crippen LogP contribution is 2.26. The van der Waals surface area contributed by atoms with Crippen LogP contribution in [-0.4, -0.2) is 34.3 Å². The number of thiazole rings is 1. The molecule has 1 aromatic carbocycles. The number of nitrogens with one attached hydrogen (secondary N) is 1. The number of carbonyl (C=O) groups is 2. The van der Waals surface area contributed by atoms with Crippen molar-refractivity contribution in [3.63, 3.8) is 0 Å². The molecule has 0 bridgehead atoms.